The fraction of sp³-hybridized carbons (Fsp3) is 0.0492. The van der Waals surface area contributed by atoms with Crippen LogP contribution in [0.4, 0.5) is 17.1 Å². The van der Waals surface area contributed by atoms with Crippen LogP contribution in [0.5, 0.6) is 0 Å². The van der Waals surface area contributed by atoms with Crippen LogP contribution in [0.15, 0.2) is 212 Å². The summed E-state index contributed by atoms with van der Waals surface area (Å²) in [7, 11) is 0. The molecule has 0 radical (unpaired) electrons. The highest BCUT2D eigenvalue weighted by Crippen LogP contribution is 2.51. The highest BCUT2D eigenvalue weighted by Gasteiger charge is 2.35. The van der Waals surface area contributed by atoms with Gasteiger partial charge in [-0.25, -0.2) is 0 Å². The number of fused-ring (bicyclic) bond motifs is 10. The van der Waals surface area contributed by atoms with Gasteiger partial charge in [0, 0.05) is 62.5 Å². The van der Waals surface area contributed by atoms with Crippen LogP contribution in [-0.2, 0) is 5.41 Å². The zero-order valence-electron chi connectivity index (χ0n) is 35.5. The Bertz CT molecular complexity index is 3690. The largest absolute Gasteiger partial charge is 0.310 e. The number of thiophene rings is 2. The van der Waals surface area contributed by atoms with E-state index in [9.17, 15) is 0 Å². The predicted molar refractivity (Wildman–Crippen MR) is 278 cm³/mol. The summed E-state index contributed by atoms with van der Waals surface area (Å²) in [6, 6.07) is 79.4. The van der Waals surface area contributed by atoms with Crippen molar-refractivity contribution in [2.45, 2.75) is 19.3 Å². The molecule has 0 saturated carbocycles. The van der Waals surface area contributed by atoms with Gasteiger partial charge in [-0.2, -0.15) is 0 Å². The third kappa shape index (κ3) is 5.89. The van der Waals surface area contributed by atoms with Crippen LogP contribution >= 0.6 is 22.7 Å². The molecule has 0 N–H and O–H groups in total. The standard InChI is InChI=1S/C61H41NS2/c1-61(2)54-18-8-5-15-48(54)49-29-28-46(37-55(49)61)62(56-19-11-13-39-12-3-4-14-47(39)56)45-26-22-38(23-27-45)42-32-43(40-24-30-59-52(35-40)50-16-6-9-20-57(50)63-59)34-44(33-42)41-25-31-60-53(36-41)51-17-7-10-21-58(51)64-60/h3-37H,1-2H3. The number of nitrogens with zero attached hydrogens (tertiary/aromatic N) is 1. The van der Waals surface area contributed by atoms with E-state index < -0.39 is 0 Å². The monoisotopic (exact) mass is 851 g/mol. The maximum absolute atomic E-state index is 2.45. The van der Waals surface area contributed by atoms with E-state index in [1.54, 1.807) is 0 Å². The van der Waals surface area contributed by atoms with Gasteiger partial charge in [-0.1, -0.05) is 141 Å². The summed E-state index contributed by atoms with van der Waals surface area (Å²) in [6.45, 7) is 4.73. The molecule has 0 atom stereocenters. The lowest BCUT2D eigenvalue weighted by Crippen LogP contribution is -2.16. The first kappa shape index (κ1) is 37.3. The van der Waals surface area contributed by atoms with Crippen molar-refractivity contribution in [2.24, 2.45) is 0 Å². The Morgan fingerprint density at radius 3 is 1.50 bits per heavy atom. The summed E-state index contributed by atoms with van der Waals surface area (Å²) < 4.78 is 5.29. The fourth-order valence-corrected chi connectivity index (χ4v) is 12.6. The first-order valence-corrected chi connectivity index (χ1v) is 23.7. The van der Waals surface area contributed by atoms with Gasteiger partial charge >= 0.3 is 0 Å². The van der Waals surface area contributed by atoms with Crippen molar-refractivity contribution in [1.29, 1.82) is 0 Å². The van der Waals surface area contributed by atoms with Gasteiger partial charge in [0.1, 0.15) is 0 Å². The number of rotatable bonds is 6. The highest BCUT2D eigenvalue weighted by molar-refractivity contribution is 7.26. The molecule has 302 valence electrons. The number of anilines is 3. The summed E-state index contributed by atoms with van der Waals surface area (Å²) in [4.78, 5) is 2.45. The van der Waals surface area contributed by atoms with Crippen molar-refractivity contribution in [3.63, 3.8) is 0 Å². The molecule has 0 spiro atoms. The van der Waals surface area contributed by atoms with E-state index in [0.717, 1.165) is 17.1 Å². The van der Waals surface area contributed by atoms with Crippen molar-refractivity contribution in [3.8, 4) is 44.5 Å². The quantitative estimate of drug-likeness (QED) is 0.161. The van der Waals surface area contributed by atoms with Crippen molar-refractivity contribution in [2.75, 3.05) is 4.90 Å². The van der Waals surface area contributed by atoms with Crippen molar-refractivity contribution < 1.29 is 0 Å². The van der Waals surface area contributed by atoms with E-state index in [-0.39, 0.29) is 5.41 Å². The van der Waals surface area contributed by atoms with E-state index in [1.165, 1.54) is 107 Å². The van der Waals surface area contributed by atoms with Crippen molar-refractivity contribution in [1.82, 2.24) is 0 Å². The minimum absolute atomic E-state index is 0.110. The average molecular weight is 852 g/mol. The number of hydrogen-bond acceptors (Lipinski definition) is 3. The molecule has 0 bridgehead atoms. The third-order valence-corrected chi connectivity index (χ3v) is 15.9. The summed E-state index contributed by atoms with van der Waals surface area (Å²) in [6.07, 6.45) is 0. The van der Waals surface area contributed by atoms with Gasteiger partial charge in [-0.05, 0) is 146 Å². The Balaban J connectivity index is 0.967. The van der Waals surface area contributed by atoms with Crippen LogP contribution in [0.1, 0.15) is 25.0 Å². The Morgan fingerprint density at radius 2 is 0.828 bits per heavy atom. The van der Waals surface area contributed by atoms with Gasteiger partial charge in [-0.3, -0.25) is 0 Å². The van der Waals surface area contributed by atoms with E-state index in [4.69, 9.17) is 0 Å². The average Bonchev–Trinajstić information content (AvgIpc) is 3.98. The zero-order valence-corrected chi connectivity index (χ0v) is 37.1. The minimum atomic E-state index is -0.110. The lowest BCUT2D eigenvalue weighted by molar-refractivity contribution is 0.660. The van der Waals surface area contributed by atoms with Gasteiger partial charge in [-0.15, -0.1) is 22.7 Å². The number of hydrogen-bond donors (Lipinski definition) is 0. The Kier molecular flexibility index (Phi) is 8.37. The van der Waals surface area contributed by atoms with E-state index in [1.807, 2.05) is 22.7 Å². The first-order chi connectivity index (χ1) is 31.4. The molecule has 10 aromatic carbocycles. The molecule has 0 amide bonds. The molecule has 0 unspecified atom stereocenters. The molecule has 12 aromatic rings. The molecule has 0 aliphatic heterocycles. The smallest absolute Gasteiger partial charge is 0.0540 e. The molecular weight excluding hydrogens is 811 g/mol. The van der Waals surface area contributed by atoms with Crippen LogP contribution < -0.4 is 4.90 Å². The normalized spacial score (nSPS) is 13.0. The first-order valence-electron chi connectivity index (χ1n) is 22.1. The van der Waals surface area contributed by atoms with Gasteiger partial charge in [0.05, 0.1) is 5.69 Å². The van der Waals surface area contributed by atoms with E-state index >= 15 is 0 Å². The maximum atomic E-state index is 2.45. The zero-order chi connectivity index (χ0) is 42.5. The van der Waals surface area contributed by atoms with Gasteiger partial charge in [0.25, 0.3) is 0 Å². The number of benzene rings is 10. The molecule has 2 aromatic heterocycles. The summed E-state index contributed by atoms with van der Waals surface area (Å²) >= 11 is 3.74. The summed E-state index contributed by atoms with van der Waals surface area (Å²) in [5.74, 6) is 0. The van der Waals surface area contributed by atoms with Crippen LogP contribution in [0.3, 0.4) is 0 Å². The molecule has 13 rings (SSSR count). The molecule has 1 nitrogen and oxygen atoms in total. The maximum Gasteiger partial charge on any atom is 0.0540 e. The lowest BCUT2D eigenvalue weighted by Gasteiger charge is -2.29. The summed E-state index contributed by atoms with van der Waals surface area (Å²) in [5, 5.41) is 7.71. The molecule has 0 saturated heterocycles. The van der Waals surface area contributed by atoms with Crippen LogP contribution in [0, 0.1) is 0 Å². The molecule has 1 aliphatic carbocycles. The Morgan fingerprint density at radius 1 is 0.328 bits per heavy atom. The van der Waals surface area contributed by atoms with E-state index in [2.05, 4.69) is 231 Å². The van der Waals surface area contributed by atoms with E-state index in [0.29, 0.717) is 0 Å². The minimum Gasteiger partial charge on any atom is -0.310 e. The second-order valence-electron chi connectivity index (χ2n) is 17.7. The predicted octanol–water partition coefficient (Wildman–Crippen LogP) is 18.4. The van der Waals surface area contributed by atoms with Crippen molar-refractivity contribution in [3.05, 3.63) is 223 Å². The van der Waals surface area contributed by atoms with Crippen LogP contribution in [-0.4, -0.2) is 0 Å². The van der Waals surface area contributed by atoms with Crippen LogP contribution in [0.2, 0.25) is 0 Å². The second-order valence-corrected chi connectivity index (χ2v) is 19.9. The van der Waals surface area contributed by atoms with Gasteiger partial charge in [0.2, 0.25) is 0 Å². The van der Waals surface area contributed by atoms with Crippen molar-refractivity contribution >= 4 is 90.9 Å². The molecule has 2 heterocycles. The SMILES string of the molecule is CC1(C)c2ccccc2-c2ccc(N(c3ccc(-c4cc(-c5ccc6sc7ccccc7c6c5)cc(-c5ccc6sc7ccccc7c6c5)c4)cc3)c3cccc4ccccc34)cc21. The topological polar surface area (TPSA) is 3.24 Å². The highest BCUT2D eigenvalue weighted by atomic mass is 32.1. The third-order valence-electron chi connectivity index (χ3n) is 13.6. The molecule has 1 aliphatic rings. The van der Waals surface area contributed by atoms with Crippen LogP contribution in [0.25, 0.3) is 95.6 Å². The van der Waals surface area contributed by atoms with Gasteiger partial charge < -0.3 is 4.90 Å². The second kappa shape index (κ2) is 14.4. The Labute approximate surface area is 380 Å². The summed E-state index contributed by atoms with van der Waals surface area (Å²) in [5.41, 5.74) is 16.0. The fourth-order valence-electron chi connectivity index (χ4n) is 10.4. The molecule has 64 heavy (non-hydrogen) atoms. The molecule has 0 fully saturated rings. The van der Waals surface area contributed by atoms with Gasteiger partial charge in [0.15, 0.2) is 0 Å². The lowest BCUT2D eigenvalue weighted by atomic mass is 9.82. The molecular formula is C61H41NS2. The Hall–Kier alpha value is -7.30. The molecule has 3 heteroatoms.